The monoisotopic (exact) mass is 297 g/mol. The van der Waals surface area contributed by atoms with Gasteiger partial charge < -0.3 is 10.4 Å². The van der Waals surface area contributed by atoms with Crippen molar-refractivity contribution in [1.82, 2.24) is 5.32 Å². The number of aromatic hydroxyl groups is 1. The second-order valence-electron chi connectivity index (χ2n) is 4.77. The summed E-state index contributed by atoms with van der Waals surface area (Å²) in [5.74, 6) is 0.0601. The lowest BCUT2D eigenvalue weighted by Crippen LogP contribution is -2.31. The fourth-order valence-electron chi connectivity index (χ4n) is 1.77. The molecule has 1 aromatic rings. The molecule has 0 aromatic heterocycles. The number of amides is 1. The van der Waals surface area contributed by atoms with Crippen LogP contribution >= 0.6 is 15.9 Å². The summed E-state index contributed by atoms with van der Waals surface area (Å²) < 4.78 is 0. The first kappa shape index (κ1) is 12.4. The molecule has 0 aliphatic heterocycles. The standard InChI is InChI=1S/C13H16BrNO2/c1-9-10(3-2-4-11(9)16)12(17)15-8-13(7-14)5-6-13/h2-4,16H,5-8H2,1H3,(H,15,17). The molecule has 1 fully saturated rings. The Bertz CT molecular complexity index is 441. The molecule has 92 valence electrons. The Labute approximate surface area is 109 Å². The Morgan fingerprint density at radius 3 is 2.82 bits per heavy atom. The quantitative estimate of drug-likeness (QED) is 0.840. The highest BCUT2D eigenvalue weighted by atomic mass is 79.9. The highest BCUT2D eigenvalue weighted by Gasteiger charge is 2.41. The van der Waals surface area contributed by atoms with Crippen molar-refractivity contribution in [2.24, 2.45) is 5.41 Å². The normalized spacial score (nSPS) is 16.6. The number of carbonyl (C=O) groups excluding carboxylic acids is 1. The van der Waals surface area contributed by atoms with Crippen LogP contribution < -0.4 is 5.32 Å². The Morgan fingerprint density at radius 2 is 2.24 bits per heavy atom. The summed E-state index contributed by atoms with van der Waals surface area (Å²) in [6, 6.07) is 5.01. The van der Waals surface area contributed by atoms with Crippen LogP contribution in [0, 0.1) is 12.3 Å². The Kier molecular flexibility index (Phi) is 3.43. The predicted octanol–water partition coefficient (Wildman–Crippen LogP) is 2.61. The van der Waals surface area contributed by atoms with E-state index in [2.05, 4.69) is 21.2 Å². The first-order valence-electron chi connectivity index (χ1n) is 5.71. The topological polar surface area (TPSA) is 49.3 Å². The van der Waals surface area contributed by atoms with Crippen molar-refractivity contribution in [3.63, 3.8) is 0 Å². The van der Waals surface area contributed by atoms with Gasteiger partial charge in [-0.2, -0.15) is 0 Å². The molecule has 1 saturated carbocycles. The van der Waals surface area contributed by atoms with Crippen LogP contribution in [0.25, 0.3) is 0 Å². The van der Waals surface area contributed by atoms with Crippen LogP contribution in [0.3, 0.4) is 0 Å². The van der Waals surface area contributed by atoms with Gasteiger partial charge in [0.1, 0.15) is 5.75 Å². The summed E-state index contributed by atoms with van der Waals surface area (Å²) in [5, 5.41) is 13.4. The summed E-state index contributed by atoms with van der Waals surface area (Å²) in [6.07, 6.45) is 2.33. The van der Waals surface area contributed by atoms with E-state index in [-0.39, 0.29) is 17.1 Å². The summed E-state index contributed by atoms with van der Waals surface area (Å²) in [6.45, 7) is 2.45. The maximum absolute atomic E-state index is 12.0. The van der Waals surface area contributed by atoms with Crippen molar-refractivity contribution < 1.29 is 9.90 Å². The van der Waals surface area contributed by atoms with Crippen LogP contribution in [0.15, 0.2) is 18.2 Å². The second-order valence-corrected chi connectivity index (χ2v) is 5.33. The minimum atomic E-state index is -0.106. The Morgan fingerprint density at radius 1 is 1.53 bits per heavy atom. The number of carbonyl (C=O) groups is 1. The van der Waals surface area contributed by atoms with Crippen molar-refractivity contribution in [2.75, 3.05) is 11.9 Å². The van der Waals surface area contributed by atoms with Crippen molar-refractivity contribution in [3.8, 4) is 5.75 Å². The number of hydrogen-bond acceptors (Lipinski definition) is 2. The molecule has 1 amide bonds. The van der Waals surface area contributed by atoms with Crippen molar-refractivity contribution in [2.45, 2.75) is 19.8 Å². The average Bonchev–Trinajstić information content (AvgIpc) is 3.10. The molecule has 2 rings (SSSR count). The van der Waals surface area contributed by atoms with Gasteiger partial charge in [-0.05, 0) is 37.3 Å². The van der Waals surface area contributed by atoms with E-state index in [1.54, 1.807) is 25.1 Å². The molecule has 17 heavy (non-hydrogen) atoms. The summed E-state index contributed by atoms with van der Waals surface area (Å²) in [7, 11) is 0. The van der Waals surface area contributed by atoms with Gasteiger partial charge in [-0.1, -0.05) is 22.0 Å². The van der Waals surface area contributed by atoms with Gasteiger partial charge in [0, 0.05) is 23.0 Å². The number of rotatable bonds is 4. The van der Waals surface area contributed by atoms with Gasteiger partial charge in [0.25, 0.3) is 5.91 Å². The van der Waals surface area contributed by atoms with Crippen molar-refractivity contribution in [3.05, 3.63) is 29.3 Å². The zero-order valence-corrected chi connectivity index (χ0v) is 11.4. The fraction of sp³-hybridized carbons (Fsp3) is 0.462. The average molecular weight is 298 g/mol. The molecule has 1 aliphatic carbocycles. The minimum absolute atomic E-state index is 0.106. The summed E-state index contributed by atoms with van der Waals surface area (Å²) in [5.41, 5.74) is 1.45. The van der Waals surface area contributed by atoms with Crippen molar-refractivity contribution >= 4 is 21.8 Å². The summed E-state index contributed by atoms with van der Waals surface area (Å²) in [4.78, 5) is 12.0. The number of phenols is 1. The van der Waals surface area contributed by atoms with Crippen LogP contribution in [0.4, 0.5) is 0 Å². The molecule has 0 atom stereocenters. The molecule has 0 bridgehead atoms. The predicted molar refractivity (Wildman–Crippen MR) is 70.6 cm³/mol. The number of phenolic OH excluding ortho intramolecular Hbond substituents is 1. The number of nitrogens with one attached hydrogen (secondary N) is 1. The second kappa shape index (κ2) is 4.69. The third-order valence-corrected chi connectivity index (χ3v) is 4.60. The molecule has 0 saturated heterocycles. The molecule has 2 N–H and O–H groups in total. The van der Waals surface area contributed by atoms with E-state index < -0.39 is 0 Å². The highest BCUT2D eigenvalue weighted by Crippen LogP contribution is 2.46. The van der Waals surface area contributed by atoms with E-state index in [1.165, 1.54) is 0 Å². The Hall–Kier alpha value is -1.03. The van der Waals surface area contributed by atoms with E-state index in [0.29, 0.717) is 17.7 Å². The number of alkyl halides is 1. The number of halogens is 1. The zero-order chi connectivity index (χ0) is 12.5. The molecule has 1 aliphatic rings. The van der Waals surface area contributed by atoms with E-state index in [4.69, 9.17) is 0 Å². The molecule has 0 heterocycles. The smallest absolute Gasteiger partial charge is 0.251 e. The van der Waals surface area contributed by atoms with Gasteiger partial charge in [-0.3, -0.25) is 4.79 Å². The van der Waals surface area contributed by atoms with Gasteiger partial charge in [0.15, 0.2) is 0 Å². The number of benzene rings is 1. The SMILES string of the molecule is Cc1c(O)cccc1C(=O)NCC1(CBr)CC1. The first-order valence-corrected chi connectivity index (χ1v) is 6.83. The molecular weight excluding hydrogens is 282 g/mol. The number of hydrogen-bond donors (Lipinski definition) is 2. The van der Waals surface area contributed by atoms with E-state index in [1.807, 2.05) is 0 Å². The molecule has 0 unspecified atom stereocenters. The van der Waals surface area contributed by atoms with Crippen LogP contribution in [0.1, 0.15) is 28.8 Å². The third kappa shape index (κ3) is 2.63. The van der Waals surface area contributed by atoms with E-state index >= 15 is 0 Å². The third-order valence-electron chi connectivity index (χ3n) is 3.41. The summed E-state index contributed by atoms with van der Waals surface area (Å²) >= 11 is 3.47. The molecular formula is C13H16BrNO2. The molecule has 0 radical (unpaired) electrons. The molecule has 0 spiro atoms. The van der Waals surface area contributed by atoms with Crippen LogP contribution in [-0.2, 0) is 0 Å². The first-order chi connectivity index (χ1) is 8.08. The lowest BCUT2D eigenvalue weighted by atomic mass is 10.1. The zero-order valence-electron chi connectivity index (χ0n) is 9.79. The Balaban J connectivity index is 2.02. The highest BCUT2D eigenvalue weighted by molar-refractivity contribution is 9.09. The largest absolute Gasteiger partial charge is 0.508 e. The van der Waals surface area contributed by atoms with Gasteiger partial charge in [0.2, 0.25) is 0 Å². The van der Waals surface area contributed by atoms with Crippen LogP contribution in [0.5, 0.6) is 5.75 Å². The van der Waals surface area contributed by atoms with Gasteiger partial charge in [-0.15, -0.1) is 0 Å². The van der Waals surface area contributed by atoms with Gasteiger partial charge in [-0.25, -0.2) is 0 Å². The molecule has 4 heteroatoms. The molecule has 1 aromatic carbocycles. The van der Waals surface area contributed by atoms with Gasteiger partial charge >= 0.3 is 0 Å². The van der Waals surface area contributed by atoms with E-state index in [9.17, 15) is 9.90 Å². The maximum Gasteiger partial charge on any atom is 0.251 e. The molecule has 3 nitrogen and oxygen atoms in total. The van der Waals surface area contributed by atoms with Crippen LogP contribution in [0.2, 0.25) is 0 Å². The van der Waals surface area contributed by atoms with Crippen LogP contribution in [-0.4, -0.2) is 22.9 Å². The van der Waals surface area contributed by atoms with E-state index in [0.717, 1.165) is 18.2 Å². The van der Waals surface area contributed by atoms with Crippen molar-refractivity contribution in [1.29, 1.82) is 0 Å². The fourth-order valence-corrected chi connectivity index (χ4v) is 2.53. The lowest BCUT2D eigenvalue weighted by molar-refractivity contribution is 0.0945. The minimum Gasteiger partial charge on any atom is -0.508 e. The maximum atomic E-state index is 12.0. The van der Waals surface area contributed by atoms with Gasteiger partial charge in [0.05, 0.1) is 0 Å². The lowest BCUT2D eigenvalue weighted by Gasteiger charge is -2.13.